The van der Waals surface area contributed by atoms with Crippen LogP contribution < -0.4 is 10.6 Å². The molecule has 0 radical (unpaired) electrons. The van der Waals surface area contributed by atoms with Crippen LogP contribution in [-0.4, -0.2) is 59.4 Å². The van der Waals surface area contributed by atoms with E-state index in [2.05, 4.69) is 118 Å². The lowest BCUT2D eigenvalue weighted by molar-refractivity contribution is -0.902. The highest BCUT2D eigenvalue weighted by molar-refractivity contribution is 5.97. The van der Waals surface area contributed by atoms with Gasteiger partial charge in [-0.25, -0.2) is 0 Å². The number of hydrogen-bond donors (Lipinski definition) is 2. The fourth-order valence-corrected chi connectivity index (χ4v) is 8.33. The van der Waals surface area contributed by atoms with Crippen molar-refractivity contribution in [2.75, 3.05) is 36.8 Å². The zero-order valence-electron chi connectivity index (χ0n) is 33.8. The van der Waals surface area contributed by atoms with Crippen molar-refractivity contribution in [2.45, 2.75) is 163 Å². The molecule has 2 fully saturated rings. The third kappa shape index (κ3) is 9.06. The Morgan fingerprint density at radius 3 is 1.12 bits per heavy atom. The lowest BCUT2D eigenvalue weighted by Gasteiger charge is -2.46. The highest BCUT2D eigenvalue weighted by Gasteiger charge is 2.43. The molecular weight excluding hydrogens is 636 g/mol. The second kappa shape index (κ2) is 16.5. The first-order chi connectivity index (χ1) is 23.8. The van der Waals surface area contributed by atoms with Gasteiger partial charge in [0.25, 0.3) is 11.8 Å². The predicted molar refractivity (Wildman–Crippen MR) is 212 cm³/mol. The van der Waals surface area contributed by atoms with Crippen molar-refractivity contribution in [1.29, 1.82) is 0 Å². The average Bonchev–Trinajstić information content (AvgIpc) is 3.62. The van der Waals surface area contributed by atoms with E-state index in [9.17, 15) is 20.0 Å². The fraction of sp³-hybridized carbons (Fsp3) is 0.674. The van der Waals surface area contributed by atoms with Crippen molar-refractivity contribution in [3.05, 3.63) is 68.1 Å². The third-order valence-electron chi connectivity index (χ3n) is 11.6. The van der Waals surface area contributed by atoms with Crippen LogP contribution in [0, 0.1) is 10.4 Å². The van der Waals surface area contributed by atoms with Crippen molar-refractivity contribution in [2.24, 2.45) is 0 Å². The quantitative estimate of drug-likeness (QED) is 0.151. The number of anilines is 2. The van der Waals surface area contributed by atoms with Gasteiger partial charge in [-0.2, -0.15) is 0 Å². The van der Waals surface area contributed by atoms with E-state index in [4.69, 9.17) is 0 Å². The van der Waals surface area contributed by atoms with Crippen LogP contribution in [0.2, 0.25) is 0 Å². The van der Waals surface area contributed by atoms with Gasteiger partial charge in [0.1, 0.15) is 0 Å². The molecule has 2 aromatic carbocycles. The molecule has 2 aliphatic rings. The van der Waals surface area contributed by atoms with Gasteiger partial charge in [-0.1, -0.05) is 107 Å². The van der Waals surface area contributed by atoms with Gasteiger partial charge in [-0.15, -0.1) is 0 Å². The SMILES string of the molecule is CC(C)c1cc(C(C)C)c(NC(=O)[C@@H]2CCC[N+]2([O-])CCC[N+]2([O-])CCC[C@H]2C(=O)Nc2c(C(C)C)cc(C(C)C)cc2C(C)C)c(C(C)C)c1. The van der Waals surface area contributed by atoms with Crippen molar-refractivity contribution < 1.29 is 18.9 Å². The normalized spacial score (nSPS) is 23.8. The Balaban J connectivity index is 1.49. The van der Waals surface area contributed by atoms with Crippen molar-refractivity contribution in [3.63, 3.8) is 0 Å². The number of carbonyl (C=O) groups is 2. The second-order valence-electron chi connectivity index (χ2n) is 17.5. The lowest BCUT2D eigenvalue weighted by Crippen LogP contribution is -2.56. The topological polar surface area (TPSA) is 104 Å². The standard InChI is InChI=1S/C43H68N4O4/c1-26(2)32-22-34(28(5)6)40(35(23-32)29(7)8)44-42(48)38-16-13-18-46(38,50)20-15-21-47(51)19-14-17-39(47)43(49)45-41-36(30(9)10)24-33(27(3)4)25-37(41)31(11)12/h22-31,38-39H,13-21H2,1-12H3,(H,44,48)(H,45,49)/t38-,39-,46?,47?/m0/s1. The molecule has 4 rings (SSSR count). The van der Waals surface area contributed by atoms with Gasteiger partial charge in [-0.3, -0.25) is 9.59 Å². The van der Waals surface area contributed by atoms with Gasteiger partial charge in [0, 0.05) is 43.5 Å². The summed E-state index contributed by atoms with van der Waals surface area (Å²) < 4.78 is -1.23. The molecule has 8 heteroatoms. The molecule has 2 heterocycles. The van der Waals surface area contributed by atoms with Crippen LogP contribution in [0.5, 0.6) is 0 Å². The van der Waals surface area contributed by atoms with Crippen LogP contribution >= 0.6 is 0 Å². The summed E-state index contributed by atoms with van der Waals surface area (Å²) >= 11 is 0. The minimum absolute atomic E-state index is 0.195. The summed E-state index contributed by atoms with van der Waals surface area (Å²) in [5.74, 6) is 1.13. The molecular formula is C43H68N4O4. The smallest absolute Gasteiger partial charge is 0.283 e. The minimum atomic E-state index is -0.717. The van der Waals surface area contributed by atoms with E-state index in [0.29, 0.717) is 57.0 Å². The van der Waals surface area contributed by atoms with Crippen LogP contribution in [0.25, 0.3) is 0 Å². The summed E-state index contributed by atoms with van der Waals surface area (Å²) in [4.78, 5) is 27.9. The third-order valence-corrected chi connectivity index (χ3v) is 11.6. The number of hydrogen-bond acceptors (Lipinski definition) is 4. The predicted octanol–water partition coefficient (Wildman–Crippen LogP) is 10.3. The number of hydroxylamine groups is 6. The first-order valence-corrected chi connectivity index (χ1v) is 19.9. The molecule has 0 aliphatic carbocycles. The molecule has 284 valence electrons. The number of benzene rings is 2. The van der Waals surface area contributed by atoms with Gasteiger partial charge in [-0.05, 0) is 68.9 Å². The summed E-state index contributed by atoms with van der Waals surface area (Å²) in [6, 6.07) is 7.39. The summed E-state index contributed by atoms with van der Waals surface area (Å²) in [7, 11) is 0. The van der Waals surface area contributed by atoms with Crippen molar-refractivity contribution in [1.82, 2.24) is 0 Å². The maximum atomic E-state index is 14.3. The molecule has 2 aromatic rings. The van der Waals surface area contributed by atoms with Crippen LogP contribution in [0.1, 0.15) is 184 Å². The lowest BCUT2D eigenvalue weighted by atomic mass is 9.87. The summed E-state index contributed by atoms with van der Waals surface area (Å²) in [5.41, 5.74) is 8.63. The van der Waals surface area contributed by atoms with Gasteiger partial charge >= 0.3 is 0 Å². The zero-order chi connectivity index (χ0) is 38.0. The Morgan fingerprint density at radius 1 is 0.569 bits per heavy atom. The molecule has 2 aliphatic heterocycles. The van der Waals surface area contributed by atoms with Crippen molar-refractivity contribution >= 4 is 23.2 Å². The van der Waals surface area contributed by atoms with Gasteiger partial charge in [0.2, 0.25) is 0 Å². The van der Waals surface area contributed by atoms with E-state index < -0.39 is 21.4 Å². The Bertz CT molecular complexity index is 1370. The highest BCUT2D eigenvalue weighted by atomic mass is 16.6. The Morgan fingerprint density at radius 2 is 0.863 bits per heavy atom. The average molecular weight is 705 g/mol. The minimum Gasteiger partial charge on any atom is -0.632 e. The first-order valence-electron chi connectivity index (χ1n) is 19.9. The largest absolute Gasteiger partial charge is 0.632 e. The Kier molecular flexibility index (Phi) is 13.2. The number of amides is 2. The Hall–Kier alpha value is -2.78. The number of rotatable bonds is 14. The first kappa shape index (κ1) is 41.0. The number of quaternary nitrogens is 2. The molecule has 2 N–H and O–H groups in total. The summed E-state index contributed by atoms with van der Waals surface area (Å²) in [6.45, 7) is 27.0. The summed E-state index contributed by atoms with van der Waals surface area (Å²) in [6.07, 6.45) is 2.78. The molecule has 0 spiro atoms. The fourth-order valence-electron chi connectivity index (χ4n) is 8.33. The van der Waals surface area contributed by atoms with E-state index >= 15 is 0 Å². The molecule has 0 saturated carbocycles. The molecule has 0 bridgehead atoms. The molecule has 8 nitrogen and oxygen atoms in total. The molecule has 2 saturated heterocycles. The maximum absolute atomic E-state index is 14.3. The van der Waals surface area contributed by atoms with E-state index in [1.165, 1.54) is 11.1 Å². The molecule has 2 amide bonds. The number of carbonyl (C=O) groups excluding carboxylic acids is 2. The summed E-state index contributed by atoms with van der Waals surface area (Å²) in [5, 5.41) is 35.2. The number of nitrogens with one attached hydrogen (secondary N) is 2. The highest BCUT2D eigenvalue weighted by Crippen LogP contribution is 2.39. The van der Waals surface area contributed by atoms with Crippen LogP contribution in [0.15, 0.2) is 24.3 Å². The Labute approximate surface area is 309 Å². The van der Waals surface area contributed by atoms with Gasteiger partial charge in [0.05, 0.1) is 26.2 Å². The zero-order valence-corrected chi connectivity index (χ0v) is 33.8. The van der Waals surface area contributed by atoms with E-state index in [0.717, 1.165) is 33.6 Å². The van der Waals surface area contributed by atoms with Gasteiger partial charge in [0.15, 0.2) is 12.1 Å². The van der Waals surface area contributed by atoms with Crippen LogP contribution in [-0.2, 0) is 9.59 Å². The number of nitrogens with zero attached hydrogens (tertiary/aromatic N) is 2. The van der Waals surface area contributed by atoms with Crippen LogP contribution in [0.3, 0.4) is 0 Å². The van der Waals surface area contributed by atoms with E-state index in [-0.39, 0.29) is 48.6 Å². The van der Waals surface area contributed by atoms with E-state index in [1.807, 2.05) is 0 Å². The monoisotopic (exact) mass is 705 g/mol. The van der Waals surface area contributed by atoms with Gasteiger partial charge < -0.3 is 30.3 Å². The molecule has 2 unspecified atom stereocenters. The second-order valence-corrected chi connectivity index (χ2v) is 17.5. The van der Waals surface area contributed by atoms with Crippen LogP contribution in [0.4, 0.5) is 11.4 Å². The molecule has 4 atom stereocenters. The maximum Gasteiger partial charge on any atom is 0.283 e. The molecule has 51 heavy (non-hydrogen) atoms. The van der Waals surface area contributed by atoms with Crippen molar-refractivity contribution in [3.8, 4) is 0 Å². The number of likely N-dealkylation sites (tertiary alicyclic amines) is 2. The van der Waals surface area contributed by atoms with E-state index in [1.54, 1.807) is 0 Å². The molecule has 0 aromatic heterocycles.